The second-order valence-electron chi connectivity index (χ2n) is 5.19. The molecule has 3 rings (SSSR count). The number of phenolic OH excluding ortho intramolecular Hbond substituents is 2. The summed E-state index contributed by atoms with van der Waals surface area (Å²) in [6.45, 7) is 0.637. The molecule has 2 aromatic rings. The van der Waals surface area contributed by atoms with E-state index in [0.29, 0.717) is 13.0 Å². The van der Waals surface area contributed by atoms with Crippen molar-refractivity contribution >= 4 is 11.6 Å². The lowest BCUT2D eigenvalue weighted by Gasteiger charge is -2.21. The Kier molecular flexibility index (Phi) is 3.75. The molecule has 0 bridgehead atoms. The van der Waals surface area contributed by atoms with E-state index in [0.717, 1.165) is 6.07 Å². The minimum absolute atomic E-state index is 0.0268. The van der Waals surface area contributed by atoms with Gasteiger partial charge < -0.3 is 20.7 Å². The number of ether oxygens (including phenoxy) is 1. The third-order valence-electron chi connectivity index (χ3n) is 3.72. The van der Waals surface area contributed by atoms with Crippen molar-refractivity contribution in [3.05, 3.63) is 52.6 Å². The normalized spacial score (nSPS) is 12.7. The van der Waals surface area contributed by atoms with Crippen LogP contribution in [0, 0.1) is 0 Å². The van der Waals surface area contributed by atoms with Gasteiger partial charge in [0.1, 0.15) is 5.75 Å². The van der Waals surface area contributed by atoms with Gasteiger partial charge in [-0.15, -0.1) is 0 Å². The van der Waals surface area contributed by atoms with Crippen molar-refractivity contribution in [1.82, 2.24) is 0 Å². The van der Waals surface area contributed by atoms with E-state index in [1.54, 1.807) is 18.2 Å². The van der Waals surface area contributed by atoms with Gasteiger partial charge >= 0.3 is 0 Å². The molecule has 118 valence electrons. The van der Waals surface area contributed by atoms with E-state index in [1.807, 2.05) is 0 Å². The van der Waals surface area contributed by atoms with Crippen molar-refractivity contribution < 1.29 is 24.5 Å². The molecule has 0 aliphatic heterocycles. The molecule has 1 aliphatic rings. The van der Waals surface area contributed by atoms with Crippen LogP contribution in [0.2, 0.25) is 0 Å². The minimum Gasteiger partial charge on any atom is -0.504 e. The number of hydrogen-bond donors (Lipinski definition) is 3. The Balaban J connectivity index is 2.20. The Morgan fingerprint density at radius 2 is 1.61 bits per heavy atom. The molecule has 0 radical (unpaired) electrons. The molecule has 0 amide bonds. The predicted molar refractivity (Wildman–Crippen MR) is 82.2 cm³/mol. The highest BCUT2D eigenvalue weighted by atomic mass is 16.5. The molecule has 0 aromatic heterocycles. The number of aromatic hydroxyl groups is 2. The Hall–Kier alpha value is -2.86. The summed E-state index contributed by atoms with van der Waals surface area (Å²) < 4.78 is 5.49. The number of benzene rings is 2. The molecule has 23 heavy (non-hydrogen) atoms. The number of carbonyl (C=O) groups excluding carboxylic acids is 2. The summed E-state index contributed by atoms with van der Waals surface area (Å²) in [6, 6.07) is 7.49. The molecule has 0 unspecified atom stereocenters. The van der Waals surface area contributed by atoms with Gasteiger partial charge in [-0.2, -0.15) is 0 Å². The van der Waals surface area contributed by atoms with Crippen molar-refractivity contribution in [3.63, 3.8) is 0 Å². The SMILES string of the molecule is NCCCOc1cc(O)c(O)c2c1C(=O)c1ccccc1C2=O. The lowest BCUT2D eigenvalue weighted by molar-refractivity contribution is 0.0972. The second-order valence-corrected chi connectivity index (χ2v) is 5.19. The lowest BCUT2D eigenvalue weighted by atomic mass is 9.83. The largest absolute Gasteiger partial charge is 0.504 e. The van der Waals surface area contributed by atoms with Gasteiger partial charge in [0.05, 0.1) is 17.7 Å². The van der Waals surface area contributed by atoms with Gasteiger partial charge in [-0.25, -0.2) is 0 Å². The van der Waals surface area contributed by atoms with Gasteiger partial charge in [0, 0.05) is 17.2 Å². The number of phenols is 2. The maximum absolute atomic E-state index is 12.7. The fourth-order valence-electron chi connectivity index (χ4n) is 2.61. The molecule has 6 heteroatoms. The molecule has 0 saturated carbocycles. The lowest BCUT2D eigenvalue weighted by Crippen LogP contribution is -2.22. The number of nitrogens with two attached hydrogens (primary N) is 1. The summed E-state index contributed by atoms with van der Waals surface area (Å²) in [4.78, 5) is 25.3. The first kappa shape index (κ1) is 15.1. The van der Waals surface area contributed by atoms with Gasteiger partial charge in [-0.05, 0) is 13.0 Å². The maximum atomic E-state index is 12.7. The molecule has 0 atom stereocenters. The van der Waals surface area contributed by atoms with Crippen LogP contribution >= 0.6 is 0 Å². The molecular formula is C17H15NO5. The Morgan fingerprint density at radius 1 is 1.00 bits per heavy atom. The van der Waals surface area contributed by atoms with Crippen molar-refractivity contribution in [3.8, 4) is 17.2 Å². The zero-order valence-corrected chi connectivity index (χ0v) is 12.2. The van der Waals surface area contributed by atoms with Crippen LogP contribution in [-0.2, 0) is 0 Å². The van der Waals surface area contributed by atoms with Crippen LogP contribution in [0.4, 0.5) is 0 Å². The van der Waals surface area contributed by atoms with E-state index in [2.05, 4.69) is 0 Å². The summed E-state index contributed by atoms with van der Waals surface area (Å²) in [5.41, 5.74) is 5.60. The third-order valence-corrected chi connectivity index (χ3v) is 3.72. The van der Waals surface area contributed by atoms with E-state index >= 15 is 0 Å². The van der Waals surface area contributed by atoms with Gasteiger partial charge in [-0.1, -0.05) is 24.3 Å². The fraction of sp³-hybridized carbons (Fsp3) is 0.176. The average molecular weight is 313 g/mol. The van der Waals surface area contributed by atoms with Crippen LogP contribution in [0.25, 0.3) is 0 Å². The monoisotopic (exact) mass is 313 g/mol. The van der Waals surface area contributed by atoms with Gasteiger partial charge in [0.15, 0.2) is 23.1 Å². The Bertz CT molecular complexity index is 813. The second kappa shape index (κ2) is 5.73. The van der Waals surface area contributed by atoms with Gasteiger partial charge in [0.2, 0.25) is 0 Å². The zero-order chi connectivity index (χ0) is 16.6. The van der Waals surface area contributed by atoms with Gasteiger partial charge in [0.25, 0.3) is 0 Å². The maximum Gasteiger partial charge on any atom is 0.198 e. The van der Waals surface area contributed by atoms with Crippen LogP contribution < -0.4 is 10.5 Å². The van der Waals surface area contributed by atoms with Crippen molar-refractivity contribution in [1.29, 1.82) is 0 Å². The fourth-order valence-corrected chi connectivity index (χ4v) is 2.61. The summed E-state index contributed by atoms with van der Waals surface area (Å²) in [6.07, 6.45) is 0.551. The Morgan fingerprint density at radius 3 is 2.22 bits per heavy atom. The molecule has 1 aliphatic carbocycles. The van der Waals surface area contributed by atoms with E-state index in [-0.39, 0.29) is 34.6 Å². The average Bonchev–Trinajstić information content (AvgIpc) is 2.56. The van der Waals surface area contributed by atoms with Gasteiger partial charge in [-0.3, -0.25) is 9.59 Å². The van der Waals surface area contributed by atoms with E-state index in [1.165, 1.54) is 6.07 Å². The molecule has 2 aromatic carbocycles. The summed E-state index contributed by atoms with van der Waals surface area (Å²) in [7, 11) is 0. The molecule has 4 N–H and O–H groups in total. The quantitative estimate of drug-likeness (QED) is 0.498. The smallest absolute Gasteiger partial charge is 0.198 e. The first-order chi connectivity index (χ1) is 11.1. The Labute approximate surface area is 132 Å². The molecule has 0 heterocycles. The first-order valence-corrected chi connectivity index (χ1v) is 7.16. The van der Waals surface area contributed by atoms with Crippen LogP contribution in [-0.4, -0.2) is 34.9 Å². The molecular weight excluding hydrogens is 298 g/mol. The highest BCUT2D eigenvalue weighted by molar-refractivity contribution is 6.30. The van der Waals surface area contributed by atoms with Crippen LogP contribution in [0.5, 0.6) is 17.2 Å². The molecule has 0 saturated heterocycles. The minimum atomic E-state index is -0.612. The molecule has 0 spiro atoms. The zero-order valence-electron chi connectivity index (χ0n) is 12.2. The number of hydrogen-bond acceptors (Lipinski definition) is 6. The number of ketones is 2. The van der Waals surface area contributed by atoms with Crippen molar-refractivity contribution in [2.45, 2.75) is 6.42 Å². The first-order valence-electron chi connectivity index (χ1n) is 7.16. The summed E-state index contributed by atoms with van der Waals surface area (Å²) >= 11 is 0. The third kappa shape index (κ3) is 2.33. The number of fused-ring (bicyclic) bond motifs is 2. The molecule has 6 nitrogen and oxygen atoms in total. The number of carbonyl (C=O) groups is 2. The van der Waals surface area contributed by atoms with Crippen molar-refractivity contribution in [2.75, 3.05) is 13.2 Å². The van der Waals surface area contributed by atoms with E-state index in [4.69, 9.17) is 10.5 Å². The summed E-state index contributed by atoms with van der Waals surface area (Å²) in [5.74, 6) is -2.00. The highest BCUT2D eigenvalue weighted by Crippen LogP contribution is 2.43. The molecule has 0 fully saturated rings. The topological polar surface area (TPSA) is 110 Å². The van der Waals surface area contributed by atoms with Crippen LogP contribution in [0.3, 0.4) is 0 Å². The number of rotatable bonds is 4. The van der Waals surface area contributed by atoms with E-state index in [9.17, 15) is 19.8 Å². The van der Waals surface area contributed by atoms with Crippen LogP contribution in [0.15, 0.2) is 30.3 Å². The van der Waals surface area contributed by atoms with Crippen LogP contribution in [0.1, 0.15) is 38.3 Å². The highest BCUT2D eigenvalue weighted by Gasteiger charge is 2.36. The van der Waals surface area contributed by atoms with Crippen molar-refractivity contribution in [2.24, 2.45) is 5.73 Å². The standard InChI is InChI=1S/C17H15NO5/c18-6-3-7-23-12-8-11(19)17(22)14-13(12)15(20)9-4-1-2-5-10(9)16(14)21/h1-2,4-5,8,19,22H,3,6-7,18H2. The predicted octanol–water partition coefficient (Wildman–Crippen LogP) is 1.60. The van der Waals surface area contributed by atoms with E-state index < -0.39 is 23.1 Å². The summed E-state index contributed by atoms with van der Waals surface area (Å²) in [5, 5.41) is 19.9.